The van der Waals surface area contributed by atoms with Crippen molar-refractivity contribution in [3.05, 3.63) is 12.2 Å². The van der Waals surface area contributed by atoms with Crippen molar-refractivity contribution in [2.75, 3.05) is 13.6 Å². The number of nitrogens with one attached hydrogen (secondary N) is 1. The van der Waals surface area contributed by atoms with Gasteiger partial charge in [0.25, 0.3) is 0 Å². The molecule has 0 saturated heterocycles. The molecule has 1 aliphatic carbocycles. The number of rotatable bonds is 5. The molecule has 1 N–H and O–H groups in total. The lowest BCUT2D eigenvalue weighted by Gasteiger charge is -1.90. The predicted molar refractivity (Wildman–Crippen MR) is 45.0 cm³/mol. The fraction of sp³-hybridized carbons (Fsp3) is 0.778. The van der Waals surface area contributed by atoms with Crippen LogP contribution in [-0.4, -0.2) is 13.6 Å². The van der Waals surface area contributed by atoms with E-state index in [1.165, 1.54) is 25.7 Å². The van der Waals surface area contributed by atoms with Crippen LogP contribution in [0.5, 0.6) is 0 Å². The largest absolute Gasteiger partial charge is 0.319 e. The van der Waals surface area contributed by atoms with Gasteiger partial charge < -0.3 is 5.32 Å². The van der Waals surface area contributed by atoms with Crippen LogP contribution in [0.4, 0.5) is 0 Å². The van der Waals surface area contributed by atoms with E-state index in [1.54, 1.807) is 0 Å². The zero-order chi connectivity index (χ0) is 7.23. The molecule has 1 rings (SSSR count). The van der Waals surface area contributed by atoms with Crippen LogP contribution in [0.1, 0.15) is 25.7 Å². The highest BCUT2D eigenvalue weighted by atomic mass is 14.8. The molecule has 0 aromatic heterocycles. The first kappa shape index (κ1) is 7.80. The Labute approximate surface area is 63.5 Å². The van der Waals surface area contributed by atoms with E-state index in [-0.39, 0.29) is 0 Å². The van der Waals surface area contributed by atoms with Crippen LogP contribution in [0.25, 0.3) is 0 Å². The molecular weight excluding hydrogens is 122 g/mol. The highest BCUT2D eigenvalue weighted by Gasteiger charge is 2.18. The van der Waals surface area contributed by atoms with Crippen LogP contribution in [0.15, 0.2) is 12.2 Å². The van der Waals surface area contributed by atoms with Gasteiger partial charge in [-0.15, -0.1) is 0 Å². The van der Waals surface area contributed by atoms with Crippen molar-refractivity contribution in [2.45, 2.75) is 25.7 Å². The van der Waals surface area contributed by atoms with E-state index in [0.717, 1.165) is 12.5 Å². The highest BCUT2D eigenvalue weighted by molar-refractivity contribution is 4.88. The zero-order valence-electron chi connectivity index (χ0n) is 6.77. The van der Waals surface area contributed by atoms with Gasteiger partial charge in [0.2, 0.25) is 0 Å². The summed E-state index contributed by atoms with van der Waals surface area (Å²) >= 11 is 0. The number of hydrogen-bond acceptors (Lipinski definition) is 1. The molecule has 0 aromatic carbocycles. The van der Waals surface area contributed by atoms with Crippen molar-refractivity contribution in [3.63, 3.8) is 0 Å². The number of hydrogen-bond donors (Lipinski definition) is 1. The SMILES string of the molecule is CNCCC=CCC1CC1. The lowest BCUT2D eigenvalue weighted by molar-refractivity contribution is 0.799. The molecule has 0 spiro atoms. The molecule has 0 bridgehead atoms. The first-order chi connectivity index (χ1) is 4.93. The molecule has 0 atom stereocenters. The Balaban J connectivity index is 1.84. The average molecular weight is 139 g/mol. The molecule has 1 nitrogen and oxygen atoms in total. The average Bonchev–Trinajstić information content (AvgIpc) is 2.71. The molecule has 0 aromatic rings. The quantitative estimate of drug-likeness (QED) is 0.453. The first-order valence-corrected chi connectivity index (χ1v) is 4.23. The normalized spacial score (nSPS) is 18.5. The van der Waals surface area contributed by atoms with Gasteiger partial charge >= 0.3 is 0 Å². The fourth-order valence-corrected chi connectivity index (χ4v) is 0.988. The van der Waals surface area contributed by atoms with E-state index in [2.05, 4.69) is 17.5 Å². The van der Waals surface area contributed by atoms with Crippen LogP contribution in [0.3, 0.4) is 0 Å². The van der Waals surface area contributed by atoms with Crippen LogP contribution in [0, 0.1) is 5.92 Å². The summed E-state index contributed by atoms with van der Waals surface area (Å²) in [5, 5.41) is 3.12. The fourth-order valence-electron chi connectivity index (χ4n) is 0.988. The predicted octanol–water partition coefficient (Wildman–Crippen LogP) is 1.95. The summed E-state index contributed by atoms with van der Waals surface area (Å²) in [4.78, 5) is 0. The molecule has 0 heterocycles. The minimum Gasteiger partial charge on any atom is -0.319 e. The van der Waals surface area contributed by atoms with E-state index in [1.807, 2.05) is 7.05 Å². The van der Waals surface area contributed by atoms with Gasteiger partial charge in [0.1, 0.15) is 0 Å². The Morgan fingerprint density at radius 1 is 1.40 bits per heavy atom. The van der Waals surface area contributed by atoms with Gasteiger partial charge in [0, 0.05) is 0 Å². The number of allylic oxidation sites excluding steroid dienone is 1. The summed E-state index contributed by atoms with van der Waals surface area (Å²) in [7, 11) is 1.99. The Morgan fingerprint density at radius 2 is 2.20 bits per heavy atom. The Bertz CT molecular complexity index is 103. The molecule has 58 valence electrons. The van der Waals surface area contributed by atoms with Gasteiger partial charge in [-0.05, 0) is 45.2 Å². The molecule has 1 heteroatoms. The van der Waals surface area contributed by atoms with Crippen LogP contribution >= 0.6 is 0 Å². The summed E-state index contributed by atoms with van der Waals surface area (Å²) < 4.78 is 0. The van der Waals surface area contributed by atoms with Gasteiger partial charge in [-0.1, -0.05) is 12.2 Å². The standard InChI is InChI=1S/C9H17N/c1-10-8-4-2-3-5-9-6-7-9/h2-3,9-10H,4-8H2,1H3. The summed E-state index contributed by atoms with van der Waals surface area (Å²) in [6.07, 6.45) is 10.1. The lowest BCUT2D eigenvalue weighted by atomic mass is 10.2. The third-order valence-electron chi connectivity index (χ3n) is 1.89. The second kappa shape index (κ2) is 4.51. The maximum absolute atomic E-state index is 3.12. The molecule has 1 saturated carbocycles. The molecule has 1 aliphatic rings. The Hall–Kier alpha value is -0.300. The summed E-state index contributed by atoms with van der Waals surface area (Å²) in [5.41, 5.74) is 0. The Morgan fingerprint density at radius 3 is 2.80 bits per heavy atom. The van der Waals surface area contributed by atoms with Gasteiger partial charge in [0.15, 0.2) is 0 Å². The third kappa shape index (κ3) is 3.67. The van der Waals surface area contributed by atoms with E-state index >= 15 is 0 Å². The Kier molecular flexibility index (Phi) is 3.52. The van der Waals surface area contributed by atoms with Crippen molar-refractivity contribution >= 4 is 0 Å². The van der Waals surface area contributed by atoms with E-state index in [0.29, 0.717) is 0 Å². The van der Waals surface area contributed by atoms with Crippen molar-refractivity contribution in [1.82, 2.24) is 5.32 Å². The molecule has 0 aliphatic heterocycles. The van der Waals surface area contributed by atoms with Crippen LogP contribution < -0.4 is 5.32 Å². The minimum absolute atomic E-state index is 1.05. The van der Waals surface area contributed by atoms with E-state index < -0.39 is 0 Å². The maximum Gasteiger partial charge on any atom is -0.00173 e. The summed E-state index contributed by atoms with van der Waals surface area (Å²) in [6, 6.07) is 0. The van der Waals surface area contributed by atoms with E-state index in [9.17, 15) is 0 Å². The molecular formula is C9H17N. The van der Waals surface area contributed by atoms with Gasteiger partial charge in [-0.25, -0.2) is 0 Å². The molecule has 0 amide bonds. The molecule has 10 heavy (non-hydrogen) atoms. The molecule has 0 radical (unpaired) electrons. The van der Waals surface area contributed by atoms with Gasteiger partial charge in [-0.2, -0.15) is 0 Å². The van der Waals surface area contributed by atoms with Crippen LogP contribution in [-0.2, 0) is 0 Å². The van der Waals surface area contributed by atoms with Crippen molar-refractivity contribution in [3.8, 4) is 0 Å². The summed E-state index contributed by atoms with van der Waals surface area (Å²) in [5.74, 6) is 1.05. The monoisotopic (exact) mass is 139 g/mol. The highest BCUT2D eigenvalue weighted by Crippen LogP contribution is 2.32. The van der Waals surface area contributed by atoms with E-state index in [4.69, 9.17) is 0 Å². The molecule has 0 unspecified atom stereocenters. The second-order valence-corrected chi connectivity index (χ2v) is 3.04. The topological polar surface area (TPSA) is 12.0 Å². The van der Waals surface area contributed by atoms with Gasteiger partial charge in [-0.3, -0.25) is 0 Å². The lowest BCUT2D eigenvalue weighted by Crippen LogP contribution is -2.05. The maximum atomic E-state index is 3.12. The second-order valence-electron chi connectivity index (χ2n) is 3.04. The molecule has 1 fully saturated rings. The van der Waals surface area contributed by atoms with Crippen molar-refractivity contribution in [2.24, 2.45) is 5.92 Å². The zero-order valence-corrected chi connectivity index (χ0v) is 6.77. The minimum atomic E-state index is 1.05. The third-order valence-corrected chi connectivity index (χ3v) is 1.89. The van der Waals surface area contributed by atoms with Crippen LogP contribution in [0.2, 0.25) is 0 Å². The summed E-state index contributed by atoms with van der Waals surface area (Å²) in [6.45, 7) is 1.11. The van der Waals surface area contributed by atoms with Crippen molar-refractivity contribution < 1.29 is 0 Å². The van der Waals surface area contributed by atoms with Gasteiger partial charge in [0.05, 0.1) is 0 Å². The van der Waals surface area contributed by atoms with Crippen molar-refractivity contribution in [1.29, 1.82) is 0 Å². The smallest absolute Gasteiger partial charge is 0.00173 e. The first-order valence-electron chi connectivity index (χ1n) is 4.23.